The molecule has 0 radical (unpaired) electrons. The van der Waals surface area contributed by atoms with E-state index >= 15 is 0 Å². The Morgan fingerprint density at radius 1 is 1.06 bits per heavy atom. The Labute approximate surface area is 194 Å². The number of nitrogens with zero attached hydrogens (tertiary/aromatic N) is 1. The molecule has 0 bridgehead atoms. The van der Waals surface area contributed by atoms with Crippen LogP contribution in [0.5, 0.6) is 0 Å². The van der Waals surface area contributed by atoms with Gasteiger partial charge in [0.2, 0.25) is 0 Å². The van der Waals surface area contributed by atoms with E-state index < -0.39 is 17.7 Å². The molecule has 0 unspecified atom stereocenters. The topological polar surface area (TPSA) is 101 Å². The number of benzene rings is 2. The maximum Gasteiger partial charge on any atom is 0.328 e. The van der Waals surface area contributed by atoms with Crippen molar-refractivity contribution in [2.75, 3.05) is 31.0 Å². The van der Waals surface area contributed by atoms with Crippen LogP contribution in [0.3, 0.4) is 0 Å². The number of carbonyl (C=O) groups is 3. The molecule has 3 N–H and O–H groups in total. The second kappa shape index (κ2) is 10.4. The van der Waals surface area contributed by atoms with Gasteiger partial charge in [-0.1, -0.05) is 28.1 Å². The highest BCUT2D eigenvalue weighted by Gasteiger charge is 2.21. The van der Waals surface area contributed by atoms with Crippen molar-refractivity contribution in [3.05, 3.63) is 63.8 Å². The van der Waals surface area contributed by atoms with Gasteiger partial charge in [-0.05, 0) is 61.7 Å². The van der Waals surface area contributed by atoms with Gasteiger partial charge in [-0.15, -0.1) is 0 Å². The molecule has 1 aromatic heterocycles. The lowest BCUT2D eigenvalue weighted by Crippen LogP contribution is -2.40. The summed E-state index contributed by atoms with van der Waals surface area (Å²) in [6, 6.07) is 12.7. The van der Waals surface area contributed by atoms with Gasteiger partial charge in [0.25, 0.3) is 5.91 Å². The van der Waals surface area contributed by atoms with Gasteiger partial charge in [-0.2, -0.15) is 0 Å². The number of hydrogen-bond donors (Lipinski definition) is 3. The van der Waals surface area contributed by atoms with Crippen molar-refractivity contribution in [1.82, 2.24) is 9.99 Å². The Bertz CT molecular complexity index is 1170. The van der Waals surface area contributed by atoms with Gasteiger partial charge in [-0.25, -0.2) is 4.68 Å². The molecule has 0 atom stereocenters. The maximum atomic E-state index is 13.1. The van der Waals surface area contributed by atoms with Gasteiger partial charge >= 0.3 is 11.8 Å². The minimum Gasteiger partial charge on any atom is -0.385 e. The van der Waals surface area contributed by atoms with E-state index in [1.54, 1.807) is 25.3 Å². The van der Waals surface area contributed by atoms with Crippen LogP contribution in [0.4, 0.5) is 5.69 Å². The fourth-order valence-corrected chi connectivity index (χ4v) is 3.58. The Morgan fingerprint density at radius 2 is 1.84 bits per heavy atom. The number of ether oxygens (including phenoxy) is 1. The summed E-state index contributed by atoms with van der Waals surface area (Å²) in [6.07, 6.45) is 0.583. The molecule has 8 nitrogen and oxygen atoms in total. The monoisotopic (exact) mass is 500 g/mol. The van der Waals surface area contributed by atoms with E-state index in [0.29, 0.717) is 30.8 Å². The molecule has 3 rings (SSSR count). The Hall–Kier alpha value is -3.17. The van der Waals surface area contributed by atoms with Crippen LogP contribution in [-0.4, -0.2) is 42.7 Å². The third kappa shape index (κ3) is 5.35. The molecule has 3 amide bonds. The van der Waals surface area contributed by atoms with Crippen molar-refractivity contribution in [3.63, 3.8) is 0 Å². The van der Waals surface area contributed by atoms with Crippen LogP contribution in [0.25, 0.3) is 10.9 Å². The smallest absolute Gasteiger partial charge is 0.328 e. The minimum absolute atomic E-state index is 0.194. The molecular formula is C23H25BrN4O4. The summed E-state index contributed by atoms with van der Waals surface area (Å²) >= 11 is 3.42. The number of amides is 3. The number of aryl methyl sites for hydroxylation is 1. The van der Waals surface area contributed by atoms with E-state index in [0.717, 1.165) is 21.0 Å². The van der Waals surface area contributed by atoms with Gasteiger partial charge in [0.15, 0.2) is 0 Å². The summed E-state index contributed by atoms with van der Waals surface area (Å²) in [6.45, 7) is 4.67. The SMILES string of the molecule is COCCCNC(=O)C(=O)Nn1c(C(=O)Nc2cccc(C)c2C)cc2cc(Br)ccc21. The zero-order valence-corrected chi connectivity index (χ0v) is 19.7. The molecule has 9 heteroatoms. The zero-order chi connectivity index (χ0) is 23.3. The summed E-state index contributed by atoms with van der Waals surface area (Å²) < 4.78 is 7.09. The number of halogens is 1. The first-order valence-corrected chi connectivity index (χ1v) is 10.9. The fourth-order valence-electron chi connectivity index (χ4n) is 3.20. The van der Waals surface area contributed by atoms with E-state index in [9.17, 15) is 14.4 Å². The number of nitrogens with one attached hydrogen (secondary N) is 3. The van der Waals surface area contributed by atoms with Crippen LogP contribution >= 0.6 is 15.9 Å². The normalized spacial score (nSPS) is 10.8. The number of anilines is 1. The summed E-state index contributed by atoms with van der Waals surface area (Å²) in [5.41, 5.74) is 5.99. The van der Waals surface area contributed by atoms with Crippen LogP contribution in [0.1, 0.15) is 28.0 Å². The molecule has 0 fully saturated rings. The molecule has 0 aliphatic heterocycles. The highest BCUT2D eigenvalue weighted by Crippen LogP contribution is 2.25. The molecule has 2 aromatic carbocycles. The molecular weight excluding hydrogens is 476 g/mol. The van der Waals surface area contributed by atoms with Crippen LogP contribution in [-0.2, 0) is 14.3 Å². The van der Waals surface area contributed by atoms with Gasteiger partial charge in [-0.3, -0.25) is 19.8 Å². The van der Waals surface area contributed by atoms with Crippen LogP contribution in [0.2, 0.25) is 0 Å². The average Bonchev–Trinajstić information content (AvgIpc) is 3.11. The number of fused-ring (bicyclic) bond motifs is 1. The lowest BCUT2D eigenvalue weighted by molar-refractivity contribution is -0.136. The van der Waals surface area contributed by atoms with Gasteiger partial charge < -0.3 is 15.4 Å². The molecule has 0 aliphatic rings. The first-order valence-electron chi connectivity index (χ1n) is 10.1. The van der Waals surface area contributed by atoms with Crippen molar-refractivity contribution < 1.29 is 19.1 Å². The highest BCUT2D eigenvalue weighted by atomic mass is 79.9. The Morgan fingerprint density at radius 3 is 2.59 bits per heavy atom. The number of aromatic nitrogens is 1. The third-order valence-corrected chi connectivity index (χ3v) is 5.57. The summed E-state index contributed by atoms with van der Waals surface area (Å²) in [7, 11) is 1.56. The van der Waals surface area contributed by atoms with Crippen LogP contribution in [0.15, 0.2) is 46.9 Å². The summed E-state index contributed by atoms with van der Waals surface area (Å²) in [5, 5.41) is 6.16. The largest absolute Gasteiger partial charge is 0.385 e. The van der Waals surface area contributed by atoms with Gasteiger partial charge in [0, 0.05) is 35.8 Å². The van der Waals surface area contributed by atoms with Crippen molar-refractivity contribution in [2.45, 2.75) is 20.3 Å². The standard InChI is InChI=1S/C23H25BrN4O4/c1-14-6-4-7-18(15(14)2)26-21(29)20-13-16-12-17(24)8-9-19(16)28(20)27-23(31)22(30)25-10-5-11-32-3/h4,6-9,12-13H,5,10-11H2,1-3H3,(H,25,30)(H,26,29)(H,27,31). The molecule has 0 aliphatic carbocycles. The number of rotatable bonds is 7. The van der Waals surface area contributed by atoms with E-state index in [-0.39, 0.29) is 5.69 Å². The van der Waals surface area contributed by atoms with Crippen LogP contribution in [0, 0.1) is 13.8 Å². The average molecular weight is 501 g/mol. The molecule has 0 saturated heterocycles. The third-order valence-electron chi connectivity index (χ3n) is 5.08. The lowest BCUT2D eigenvalue weighted by atomic mass is 10.1. The highest BCUT2D eigenvalue weighted by molar-refractivity contribution is 9.10. The van der Waals surface area contributed by atoms with Crippen molar-refractivity contribution in [2.24, 2.45) is 0 Å². The Balaban J connectivity index is 1.88. The van der Waals surface area contributed by atoms with E-state index in [1.165, 1.54) is 4.68 Å². The molecule has 168 valence electrons. The predicted octanol–water partition coefficient (Wildman–Crippen LogP) is 3.50. The number of methoxy groups -OCH3 is 1. The molecule has 0 spiro atoms. The summed E-state index contributed by atoms with van der Waals surface area (Å²) in [5.74, 6) is -2.07. The Kier molecular flexibility index (Phi) is 7.66. The molecule has 3 aromatic rings. The molecule has 32 heavy (non-hydrogen) atoms. The van der Waals surface area contributed by atoms with Crippen molar-refractivity contribution in [1.29, 1.82) is 0 Å². The summed E-state index contributed by atoms with van der Waals surface area (Å²) in [4.78, 5) is 37.8. The second-order valence-electron chi connectivity index (χ2n) is 7.31. The maximum absolute atomic E-state index is 13.1. The fraction of sp³-hybridized carbons (Fsp3) is 0.261. The van der Waals surface area contributed by atoms with Gasteiger partial charge in [0.1, 0.15) is 5.69 Å². The zero-order valence-electron chi connectivity index (χ0n) is 18.1. The number of carbonyl (C=O) groups excluding carboxylic acids is 3. The van der Waals surface area contributed by atoms with E-state index in [4.69, 9.17) is 4.74 Å². The van der Waals surface area contributed by atoms with Crippen LogP contribution < -0.4 is 16.1 Å². The van der Waals surface area contributed by atoms with Crippen molar-refractivity contribution in [3.8, 4) is 0 Å². The molecule has 0 saturated carbocycles. The quantitative estimate of drug-likeness (QED) is 0.341. The van der Waals surface area contributed by atoms with Gasteiger partial charge in [0.05, 0.1) is 5.52 Å². The minimum atomic E-state index is -0.872. The predicted molar refractivity (Wildman–Crippen MR) is 127 cm³/mol. The second-order valence-corrected chi connectivity index (χ2v) is 8.23. The number of hydrogen-bond acceptors (Lipinski definition) is 4. The first kappa shape index (κ1) is 23.5. The van der Waals surface area contributed by atoms with E-state index in [2.05, 4.69) is 32.0 Å². The molecule has 1 heterocycles. The first-order chi connectivity index (χ1) is 15.3. The van der Waals surface area contributed by atoms with E-state index in [1.807, 2.05) is 38.1 Å². The van der Waals surface area contributed by atoms with Crippen molar-refractivity contribution >= 4 is 50.2 Å². The lowest BCUT2D eigenvalue weighted by Gasteiger charge is -2.14.